The van der Waals surface area contributed by atoms with Crippen LogP contribution in [0.4, 0.5) is 0 Å². The van der Waals surface area contributed by atoms with Crippen molar-refractivity contribution in [1.29, 1.82) is 0 Å². The van der Waals surface area contributed by atoms with E-state index in [1.807, 2.05) is 34.3 Å². The Labute approximate surface area is 149 Å². The van der Waals surface area contributed by atoms with E-state index in [2.05, 4.69) is 22.8 Å². The van der Waals surface area contributed by atoms with Crippen LogP contribution in [0.15, 0.2) is 42.0 Å². The molecule has 6 nitrogen and oxygen atoms in total. The number of fused-ring (bicyclic) bond motifs is 1. The lowest BCUT2D eigenvalue weighted by Gasteiger charge is -2.07. The second-order valence-corrected chi connectivity index (χ2v) is 6.68. The van der Waals surface area contributed by atoms with Gasteiger partial charge in [0.1, 0.15) is 0 Å². The zero-order valence-electron chi connectivity index (χ0n) is 14.0. The van der Waals surface area contributed by atoms with Crippen LogP contribution in [-0.4, -0.2) is 21.2 Å². The van der Waals surface area contributed by atoms with E-state index in [0.29, 0.717) is 11.3 Å². The third-order valence-electron chi connectivity index (χ3n) is 3.84. The fraction of sp³-hybridized carbons (Fsp3) is 0.278. The standard InChI is InChI=1S/C18H20N4O2S/c1-2-3-4-13-5-7-14(8-6-13)17(24)21-20-16(23)11-15-12-22-9-10-25-18(22)19-15/h5-10,12H,2-4,11H2,1H3,(H,20,23)(H,21,24). The quantitative estimate of drug-likeness (QED) is 0.667. The molecule has 0 aliphatic rings. The van der Waals surface area contributed by atoms with Gasteiger partial charge in [0.05, 0.1) is 12.1 Å². The van der Waals surface area contributed by atoms with Crippen molar-refractivity contribution in [3.63, 3.8) is 0 Å². The number of thiazole rings is 1. The van der Waals surface area contributed by atoms with Crippen molar-refractivity contribution in [1.82, 2.24) is 20.2 Å². The van der Waals surface area contributed by atoms with Gasteiger partial charge in [-0.15, -0.1) is 11.3 Å². The Bertz CT molecular complexity index is 838. The van der Waals surface area contributed by atoms with E-state index in [0.717, 1.165) is 24.2 Å². The van der Waals surface area contributed by atoms with Crippen LogP contribution >= 0.6 is 11.3 Å². The summed E-state index contributed by atoms with van der Waals surface area (Å²) in [6.45, 7) is 2.15. The molecular weight excluding hydrogens is 336 g/mol. The number of aromatic nitrogens is 2. The summed E-state index contributed by atoms with van der Waals surface area (Å²) >= 11 is 1.51. The van der Waals surface area contributed by atoms with E-state index in [1.165, 1.54) is 16.9 Å². The predicted molar refractivity (Wildman–Crippen MR) is 97.4 cm³/mol. The highest BCUT2D eigenvalue weighted by molar-refractivity contribution is 7.15. The average Bonchev–Trinajstić information content (AvgIpc) is 3.19. The van der Waals surface area contributed by atoms with Crippen molar-refractivity contribution in [2.45, 2.75) is 32.6 Å². The first kappa shape index (κ1) is 17.2. The Morgan fingerprint density at radius 3 is 2.72 bits per heavy atom. The van der Waals surface area contributed by atoms with Crippen LogP contribution in [0.2, 0.25) is 0 Å². The van der Waals surface area contributed by atoms with Crippen LogP contribution in [0.1, 0.15) is 41.4 Å². The fourth-order valence-electron chi connectivity index (χ4n) is 2.47. The number of unbranched alkanes of at least 4 members (excludes halogenated alkanes) is 1. The smallest absolute Gasteiger partial charge is 0.269 e. The summed E-state index contributed by atoms with van der Waals surface area (Å²) < 4.78 is 1.87. The first-order valence-corrected chi connectivity index (χ1v) is 9.13. The lowest BCUT2D eigenvalue weighted by atomic mass is 10.1. The molecule has 0 atom stereocenters. The summed E-state index contributed by atoms with van der Waals surface area (Å²) in [6, 6.07) is 7.44. The average molecular weight is 356 g/mol. The molecule has 2 heterocycles. The van der Waals surface area contributed by atoms with E-state index in [1.54, 1.807) is 12.1 Å². The van der Waals surface area contributed by atoms with Crippen molar-refractivity contribution in [3.05, 3.63) is 58.9 Å². The minimum atomic E-state index is -0.332. The molecule has 0 saturated carbocycles. The highest BCUT2D eigenvalue weighted by atomic mass is 32.1. The topological polar surface area (TPSA) is 75.5 Å². The molecule has 2 aromatic heterocycles. The van der Waals surface area contributed by atoms with E-state index in [9.17, 15) is 9.59 Å². The van der Waals surface area contributed by atoms with E-state index < -0.39 is 0 Å². The van der Waals surface area contributed by atoms with Gasteiger partial charge in [0.25, 0.3) is 5.91 Å². The van der Waals surface area contributed by atoms with Gasteiger partial charge in [0, 0.05) is 23.3 Å². The molecule has 0 saturated heterocycles. The van der Waals surface area contributed by atoms with Gasteiger partial charge < -0.3 is 0 Å². The minimum absolute atomic E-state index is 0.116. The number of carbonyl (C=O) groups is 2. The van der Waals surface area contributed by atoms with Crippen LogP contribution in [0, 0.1) is 0 Å². The maximum atomic E-state index is 12.1. The molecule has 0 spiro atoms. The minimum Gasteiger partial charge on any atom is -0.297 e. The van der Waals surface area contributed by atoms with Crippen molar-refractivity contribution in [2.24, 2.45) is 0 Å². The summed E-state index contributed by atoms with van der Waals surface area (Å²) in [4.78, 5) is 29.2. The Balaban J connectivity index is 1.49. The van der Waals surface area contributed by atoms with Gasteiger partial charge >= 0.3 is 0 Å². The van der Waals surface area contributed by atoms with Crippen molar-refractivity contribution in [2.75, 3.05) is 0 Å². The van der Waals surface area contributed by atoms with Crippen molar-refractivity contribution < 1.29 is 9.59 Å². The van der Waals surface area contributed by atoms with Gasteiger partial charge in [-0.05, 0) is 30.5 Å². The zero-order valence-corrected chi connectivity index (χ0v) is 14.8. The molecule has 130 valence electrons. The van der Waals surface area contributed by atoms with Gasteiger partial charge in [-0.25, -0.2) is 4.98 Å². The summed E-state index contributed by atoms with van der Waals surface area (Å²) in [5, 5.41) is 1.93. The van der Waals surface area contributed by atoms with Gasteiger partial charge in [-0.2, -0.15) is 0 Å². The molecule has 3 aromatic rings. The molecule has 2 amide bonds. The summed E-state index contributed by atoms with van der Waals surface area (Å²) in [6.07, 6.45) is 7.10. The molecule has 7 heteroatoms. The monoisotopic (exact) mass is 356 g/mol. The molecule has 0 bridgehead atoms. The molecule has 1 aromatic carbocycles. The summed E-state index contributed by atoms with van der Waals surface area (Å²) in [5.41, 5.74) is 7.26. The van der Waals surface area contributed by atoms with E-state index in [-0.39, 0.29) is 18.2 Å². The maximum Gasteiger partial charge on any atom is 0.269 e. The molecule has 0 aliphatic heterocycles. The number of hydrogen-bond donors (Lipinski definition) is 2. The molecule has 0 aliphatic carbocycles. The Morgan fingerprint density at radius 2 is 2.00 bits per heavy atom. The number of rotatable bonds is 6. The Hall–Kier alpha value is -2.67. The predicted octanol–water partition coefficient (Wildman–Crippen LogP) is 2.74. The van der Waals surface area contributed by atoms with Crippen LogP contribution in [0.25, 0.3) is 4.96 Å². The number of imidazole rings is 1. The normalized spacial score (nSPS) is 10.8. The SMILES string of the molecule is CCCCc1ccc(C(=O)NNC(=O)Cc2cn3ccsc3n2)cc1. The number of nitrogens with zero attached hydrogens (tertiary/aromatic N) is 2. The highest BCUT2D eigenvalue weighted by Gasteiger charge is 2.10. The number of hydrazine groups is 1. The number of hydrogen-bond acceptors (Lipinski definition) is 4. The number of nitrogens with one attached hydrogen (secondary N) is 2. The zero-order chi connectivity index (χ0) is 17.6. The first-order chi connectivity index (χ1) is 12.2. The van der Waals surface area contributed by atoms with Crippen LogP contribution < -0.4 is 10.9 Å². The van der Waals surface area contributed by atoms with Crippen LogP contribution in [0.5, 0.6) is 0 Å². The highest BCUT2D eigenvalue weighted by Crippen LogP contribution is 2.11. The third kappa shape index (κ3) is 4.45. The maximum absolute atomic E-state index is 12.1. The lowest BCUT2D eigenvalue weighted by Crippen LogP contribution is -2.42. The lowest BCUT2D eigenvalue weighted by molar-refractivity contribution is -0.121. The van der Waals surface area contributed by atoms with Crippen LogP contribution in [-0.2, 0) is 17.6 Å². The molecule has 0 fully saturated rings. The molecule has 25 heavy (non-hydrogen) atoms. The number of amides is 2. The Kier molecular flexibility index (Phi) is 5.45. The van der Waals surface area contributed by atoms with Gasteiger partial charge in [0.15, 0.2) is 4.96 Å². The largest absolute Gasteiger partial charge is 0.297 e. The molecule has 0 radical (unpaired) electrons. The summed E-state index contributed by atoms with van der Waals surface area (Å²) in [5.74, 6) is -0.639. The van der Waals surface area contributed by atoms with Crippen molar-refractivity contribution in [3.8, 4) is 0 Å². The number of carbonyl (C=O) groups excluding carboxylic acids is 2. The molecule has 0 unspecified atom stereocenters. The molecule has 3 rings (SSSR count). The van der Waals surface area contributed by atoms with E-state index >= 15 is 0 Å². The second kappa shape index (κ2) is 7.94. The van der Waals surface area contributed by atoms with Crippen molar-refractivity contribution >= 4 is 28.1 Å². The molecule has 2 N–H and O–H groups in total. The van der Waals surface area contributed by atoms with Gasteiger partial charge in [0.2, 0.25) is 5.91 Å². The summed E-state index contributed by atoms with van der Waals surface area (Å²) in [7, 11) is 0. The van der Waals surface area contributed by atoms with Gasteiger partial charge in [-0.3, -0.25) is 24.8 Å². The third-order valence-corrected chi connectivity index (χ3v) is 4.61. The van der Waals surface area contributed by atoms with Gasteiger partial charge in [-0.1, -0.05) is 25.5 Å². The van der Waals surface area contributed by atoms with Crippen LogP contribution in [0.3, 0.4) is 0 Å². The fourth-order valence-corrected chi connectivity index (χ4v) is 3.19. The molecular formula is C18H20N4O2S. The second-order valence-electron chi connectivity index (χ2n) is 5.80. The number of aryl methyl sites for hydroxylation is 1. The van der Waals surface area contributed by atoms with E-state index in [4.69, 9.17) is 0 Å². The number of benzene rings is 1. The first-order valence-electron chi connectivity index (χ1n) is 8.25. The Morgan fingerprint density at radius 1 is 1.20 bits per heavy atom.